The second kappa shape index (κ2) is 2.33. The SMILES string of the molecule is NC1CCc2scc(C3CC3)c21. The molecule has 12 heavy (non-hydrogen) atoms. The number of hydrogen-bond acceptors (Lipinski definition) is 2. The van der Waals surface area contributed by atoms with E-state index >= 15 is 0 Å². The molecule has 0 aromatic carbocycles. The Hall–Kier alpha value is -0.340. The maximum absolute atomic E-state index is 6.06. The van der Waals surface area contributed by atoms with Crippen molar-refractivity contribution < 1.29 is 0 Å². The van der Waals surface area contributed by atoms with Crippen molar-refractivity contribution in [2.75, 3.05) is 0 Å². The average Bonchev–Trinajstić information content (AvgIpc) is 2.71. The molecule has 0 bridgehead atoms. The van der Waals surface area contributed by atoms with Crippen molar-refractivity contribution in [3.63, 3.8) is 0 Å². The smallest absolute Gasteiger partial charge is 0.0312 e. The Morgan fingerprint density at radius 1 is 1.33 bits per heavy atom. The van der Waals surface area contributed by atoms with Gasteiger partial charge in [-0.15, -0.1) is 11.3 Å². The Balaban J connectivity index is 2.09. The van der Waals surface area contributed by atoms with Gasteiger partial charge in [-0.05, 0) is 48.1 Å². The van der Waals surface area contributed by atoms with Gasteiger partial charge in [0.2, 0.25) is 0 Å². The second-order valence-corrected chi connectivity index (χ2v) is 4.91. The van der Waals surface area contributed by atoms with Crippen molar-refractivity contribution in [1.82, 2.24) is 0 Å². The fraction of sp³-hybridized carbons (Fsp3) is 0.600. The van der Waals surface area contributed by atoms with Crippen molar-refractivity contribution in [2.45, 2.75) is 37.6 Å². The van der Waals surface area contributed by atoms with Gasteiger partial charge in [0, 0.05) is 10.9 Å². The minimum Gasteiger partial charge on any atom is -0.324 e. The highest BCUT2D eigenvalue weighted by Crippen LogP contribution is 2.48. The van der Waals surface area contributed by atoms with Crippen molar-refractivity contribution in [3.05, 3.63) is 21.4 Å². The lowest BCUT2D eigenvalue weighted by Crippen LogP contribution is -2.06. The summed E-state index contributed by atoms with van der Waals surface area (Å²) < 4.78 is 0. The van der Waals surface area contributed by atoms with E-state index in [1.807, 2.05) is 11.3 Å². The van der Waals surface area contributed by atoms with Crippen LogP contribution in [0.4, 0.5) is 0 Å². The fourth-order valence-corrected chi connectivity index (χ4v) is 3.40. The predicted octanol–water partition coefficient (Wildman–Crippen LogP) is 2.57. The van der Waals surface area contributed by atoms with Crippen LogP contribution < -0.4 is 5.73 Å². The van der Waals surface area contributed by atoms with Crippen molar-refractivity contribution in [2.24, 2.45) is 5.73 Å². The molecule has 1 aromatic rings. The molecule has 1 aromatic heterocycles. The van der Waals surface area contributed by atoms with Crippen LogP contribution >= 0.6 is 11.3 Å². The van der Waals surface area contributed by atoms with E-state index < -0.39 is 0 Å². The number of aryl methyl sites for hydroxylation is 1. The zero-order chi connectivity index (χ0) is 8.13. The summed E-state index contributed by atoms with van der Waals surface area (Å²) in [7, 11) is 0. The molecule has 1 saturated carbocycles. The third-order valence-electron chi connectivity index (χ3n) is 3.01. The highest BCUT2D eigenvalue weighted by molar-refractivity contribution is 7.10. The lowest BCUT2D eigenvalue weighted by atomic mass is 10.1. The first-order valence-corrected chi connectivity index (χ1v) is 5.60. The topological polar surface area (TPSA) is 26.0 Å². The van der Waals surface area contributed by atoms with Crippen LogP contribution in [0.1, 0.15) is 47.2 Å². The van der Waals surface area contributed by atoms with Gasteiger partial charge in [0.25, 0.3) is 0 Å². The van der Waals surface area contributed by atoms with Gasteiger partial charge in [-0.1, -0.05) is 0 Å². The largest absolute Gasteiger partial charge is 0.324 e. The molecule has 0 radical (unpaired) electrons. The number of fused-ring (bicyclic) bond motifs is 1. The van der Waals surface area contributed by atoms with Crippen LogP contribution in [0.15, 0.2) is 5.38 Å². The van der Waals surface area contributed by atoms with Gasteiger partial charge in [-0.25, -0.2) is 0 Å². The van der Waals surface area contributed by atoms with E-state index in [4.69, 9.17) is 5.73 Å². The summed E-state index contributed by atoms with van der Waals surface area (Å²) >= 11 is 1.93. The summed E-state index contributed by atoms with van der Waals surface area (Å²) in [6.45, 7) is 0. The van der Waals surface area contributed by atoms with Gasteiger partial charge >= 0.3 is 0 Å². The maximum atomic E-state index is 6.06. The number of nitrogens with two attached hydrogens (primary N) is 1. The van der Waals surface area contributed by atoms with Crippen LogP contribution in [0.25, 0.3) is 0 Å². The molecule has 0 amide bonds. The van der Waals surface area contributed by atoms with Crippen molar-refractivity contribution >= 4 is 11.3 Å². The van der Waals surface area contributed by atoms with Gasteiger partial charge in [-0.2, -0.15) is 0 Å². The molecule has 1 heterocycles. The van der Waals surface area contributed by atoms with Crippen LogP contribution in [0.5, 0.6) is 0 Å². The summed E-state index contributed by atoms with van der Waals surface area (Å²) in [5.74, 6) is 0.883. The summed E-state index contributed by atoms with van der Waals surface area (Å²) in [5.41, 5.74) is 9.19. The quantitative estimate of drug-likeness (QED) is 0.704. The third-order valence-corrected chi connectivity index (χ3v) is 4.09. The Morgan fingerprint density at radius 3 is 2.92 bits per heavy atom. The lowest BCUT2D eigenvalue weighted by molar-refractivity contribution is 0.707. The Labute approximate surface area is 76.6 Å². The van der Waals surface area contributed by atoms with Gasteiger partial charge in [0.1, 0.15) is 0 Å². The molecule has 2 N–H and O–H groups in total. The minimum absolute atomic E-state index is 0.363. The summed E-state index contributed by atoms with van der Waals surface area (Å²) in [6, 6.07) is 0.363. The number of rotatable bonds is 1. The van der Waals surface area contributed by atoms with E-state index in [-0.39, 0.29) is 0 Å². The third kappa shape index (κ3) is 0.882. The summed E-state index contributed by atoms with van der Waals surface area (Å²) in [5, 5.41) is 2.35. The van der Waals surface area contributed by atoms with Gasteiger partial charge in [0.15, 0.2) is 0 Å². The first-order chi connectivity index (χ1) is 5.86. The normalized spacial score (nSPS) is 27.6. The van der Waals surface area contributed by atoms with E-state index in [2.05, 4.69) is 5.38 Å². The standard InChI is InChI=1S/C10H13NS/c11-8-3-4-9-10(8)7(5-12-9)6-1-2-6/h5-6,8H,1-4,11H2. The molecule has 1 atom stereocenters. The maximum Gasteiger partial charge on any atom is 0.0312 e. The number of hydrogen-bond donors (Lipinski definition) is 1. The fourth-order valence-electron chi connectivity index (χ4n) is 2.18. The number of thiophene rings is 1. The molecule has 2 heteroatoms. The molecule has 0 saturated heterocycles. The molecule has 1 unspecified atom stereocenters. The Bertz CT molecular complexity index is 312. The second-order valence-electron chi connectivity index (χ2n) is 3.95. The molecule has 2 aliphatic rings. The van der Waals surface area contributed by atoms with E-state index in [0.29, 0.717) is 6.04 Å². The zero-order valence-corrected chi connectivity index (χ0v) is 7.86. The molecular weight excluding hydrogens is 166 g/mol. The summed E-state index contributed by atoms with van der Waals surface area (Å²) in [4.78, 5) is 1.57. The Kier molecular flexibility index (Phi) is 1.38. The van der Waals surface area contributed by atoms with E-state index in [1.165, 1.54) is 31.2 Å². The molecule has 1 nitrogen and oxygen atoms in total. The highest BCUT2D eigenvalue weighted by atomic mass is 32.1. The average molecular weight is 179 g/mol. The molecule has 2 aliphatic carbocycles. The molecule has 0 aliphatic heterocycles. The van der Waals surface area contributed by atoms with Crippen LogP contribution in [-0.2, 0) is 6.42 Å². The summed E-state index contributed by atoms with van der Waals surface area (Å²) in [6.07, 6.45) is 5.21. The molecule has 64 valence electrons. The van der Waals surface area contributed by atoms with Crippen molar-refractivity contribution in [3.8, 4) is 0 Å². The lowest BCUT2D eigenvalue weighted by Gasteiger charge is -2.04. The van der Waals surface area contributed by atoms with Crippen LogP contribution in [0.3, 0.4) is 0 Å². The minimum atomic E-state index is 0.363. The first-order valence-electron chi connectivity index (χ1n) is 4.72. The van der Waals surface area contributed by atoms with Crippen LogP contribution in [0, 0.1) is 0 Å². The van der Waals surface area contributed by atoms with E-state index in [1.54, 1.807) is 10.4 Å². The molecule has 0 spiro atoms. The van der Waals surface area contributed by atoms with Gasteiger partial charge in [-0.3, -0.25) is 0 Å². The highest BCUT2D eigenvalue weighted by Gasteiger charge is 2.32. The van der Waals surface area contributed by atoms with Gasteiger partial charge in [0.05, 0.1) is 0 Å². The molecule has 3 rings (SSSR count). The van der Waals surface area contributed by atoms with E-state index in [0.717, 1.165) is 5.92 Å². The van der Waals surface area contributed by atoms with E-state index in [9.17, 15) is 0 Å². The molecule has 1 fully saturated rings. The van der Waals surface area contributed by atoms with Crippen molar-refractivity contribution in [1.29, 1.82) is 0 Å². The van der Waals surface area contributed by atoms with Gasteiger partial charge < -0.3 is 5.73 Å². The molecular formula is C10H13NS. The zero-order valence-electron chi connectivity index (χ0n) is 7.05. The first kappa shape index (κ1) is 7.10. The van der Waals surface area contributed by atoms with Crippen LogP contribution in [-0.4, -0.2) is 0 Å². The van der Waals surface area contributed by atoms with Crippen LogP contribution in [0.2, 0.25) is 0 Å². The Morgan fingerprint density at radius 2 is 2.17 bits per heavy atom. The monoisotopic (exact) mass is 179 g/mol. The predicted molar refractivity (Wildman–Crippen MR) is 51.5 cm³/mol.